The summed E-state index contributed by atoms with van der Waals surface area (Å²) < 4.78 is 10.9. The minimum absolute atomic E-state index is 0.00882. The molecule has 0 aromatic carbocycles. The molecule has 13 nitrogen and oxygen atoms in total. The maximum absolute atomic E-state index is 11.9. The second-order valence-electron chi connectivity index (χ2n) is 11.6. The molecule has 0 spiro atoms. The fraction of sp³-hybridized carbons (Fsp3) is 0.818. The molecule has 0 fully saturated rings. The minimum Gasteiger partial charge on any atom is -0.481 e. The number of Topliss-reactive ketones (excluding diaryl/α,β-unsaturated/α-hetero) is 1. The topological polar surface area (TPSA) is 197 Å². The maximum atomic E-state index is 11.9. The summed E-state index contributed by atoms with van der Waals surface area (Å²) in [5.41, 5.74) is 0. The average Bonchev–Trinajstić information content (AvgIpc) is 2.99. The smallest absolute Gasteiger partial charge is 0.326 e. The number of hydrogen-bond acceptors (Lipinski definition) is 8. The fourth-order valence-corrected chi connectivity index (χ4v) is 4.63. The lowest BCUT2D eigenvalue weighted by atomic mass is 10.0. The lowest BCUT2D eigenvalue weighted by molar-refractivity contribution is -0.142. The quantitative estimate of drug-likeness (QED) is 0.0645. The van der Waals surface area contributed by atoms with Crippen LogP contribution in [0.25, 0.3) is 0 Å². The molecule has 0 aliphatic rings. The van der Waals surface area contributed by atoms with Gasteiger partial charge in [-0.3, -0.25) is 19.2 Å². The van der Waals surface area contributed by atoms with Crippen LogP contribution < -0.4 is 16.0 Å². The van der Waals surface area contributed by atoms with Crippen molar-refractivity contribution in [2.75, 3.05) is 39.5 Å². The van der Waals surface area contributed by atoms with Gasteiger partial charge < -0.3 is 40.4 Å². The molecule has 3 amide bonds. The molecule has 5 N–H and O–H groups in total. The van der Waals surface area contributed by atoms with Gasteiger partial charge in [0.25, 0.3) is 0 Å². The molecule has 1 atom stereocenters. The number of rotatable bonds is 33. The standard InChI is InChI=1S/C33H59N3O10/c1-27(37)19-20-28(33(43)44)36-31(40)17-14-16-30(39)35-22-24-46-26-25-45-23-21-34-29(38)15-12-10-8-6-4-2-3-5-7-9-11-13-18-32(41)42/h28H,2-26H2,1H3,(H,34,38)(H,35,39)(H,36,40)(H,41,42)(H,43,44)/t28-/m0/s1. The maximum Gasteiger partial charge on any atom is 0.326 e. The summed E-state index contributed by atoms with van der Waals surface area (Å²) in [5, 5.41) is 25.7. The first-order valence-corrected chi connectivity index (χ1v) is 17.0. The Balaban J connectivity index is 3.46. The van der Waals surface area contributed by atoms with E-state index in [9.17, 15) is 28.8 Å². The second kappa shape index (κ2) is 30.6. The van der Waals surface area contributed by atoms with E-state index in [-0.39, 0.29) is 56.1 Å². The van der Waals surface area contributed by atoms with Crippen LogP contribution in [0.2, 0.25) is 0 Å². The number of carbonyl (C=O) groups is 6. The van der Waals surface area contributed by atoms with Crippen molar-refractivity contribution in [1.82, 2.24) is 16.0 Å². The van der Waals surface area contributed by atoms with Crippen molar-refractivity contribution in [3.63, 3.8) is 0 Å². The number of ether oxygens (including phenoxy) is 2. The van der Waals surface area contributed by atoms with Crippen LogP contribution in [0.15, 0.2) is 0 Å². The summed E-state index contributed by atoms with van der Waals surface area (Å²) in [6, 6.07) is -1.12. The summed E-state index contributed by atoms with van der Waals surface area (Å²) in [6.07, 6.45) is 14.6. The largest absolute Gasteiger partial charge is 0.481 e. The Kier molecular flexibility index (Phi) is 28.6. The summed E-state index contributed by atoms with van der Waals surface area (Å²) >= 11 is 0. The fourth-order valence-electron chi connectivity index (χ4n) is 4.63. The van der Waals surface area contributed by atoms with E-state index in [1.807, 2.05) is 0 Å². The van der Waals surface area contributed by atoms with Crippen LogP contribution in [0.5, 0.6) is 0 Å². The number of hydrogen-bond donors (Lipinski definition) is 5. The van der Waals surface area contributed by atoms with Crippen molar-refractivity contribution in [2.45, 2.75) is 135 Å². The Labute approximate surface area is 274 Å². The van der Waals surface area contributed by atoms with Crippen molar-refractivity contribution in [1.29, 1.82) is 0 Å². The Morgan fingerprint density at radius 3 is 1.37 bits per heavy atom. The number of ketones is 1. The van der Waals surface area contributed by atoms with Gasteiger partial charge in [0.05, 0.1) is 26.4 Å². The lowest BCUT2D eigenvalue weighted by Gasteiger charge is -2.13. The number of unbranched alkanes of at least 4 members (excludes halogenated alkanes) is 11. The van der Waals surface area contributed by atoms with Gasteiger partial charge in [0.2, 0.25) is 17.7 Å². The first-order chi connectivity index (χ1) is 22.1. The molecule has 266 valence electrons. The van der Waals surface area contributed by atoms with Gasteiger partial charge in [-0.1, -0.05) is 64.2 Å². The lowest BCUT2D eigenvalue weighted by Crippen LogP contribution is -2.41. The number of amides is 3. The van der Waals surface area contributed by atoms with Gasteiger partial charge in [-0.2, -0.15) is 0 Å². The number of carboxylic acids is 2. The zero-order valence-electron chi connectivity index (χ0n) is 27.9. The summed E-state index contributed by atoms with van der Waals surface area (Å²) in [6.45, 7) is 3.54. The minimum atomic E-state index is -1.20. The normalized spacial score (nSPS) is 11.5. The highest BCUT2D eigenvalue weighted by Crippen LogP contribution is 2.13. The second-order valence-corrected chi connectivity index (χ2v) is 11.6. The number of carboxylic acid groups (broad SMARTS) is 2. The van der Waals surface area contributed by atoms with E-state index in [2.05, 4.69) is 16.0 Å². The SMILES string of the molecule is CC(=O)CC[C@H](NC(=O)CCCC(=O)NCCOCCOCCNC(=O)CCCCCCCCCCCCCCC(=O)O)C(=O)O. The van der Waals surface area contributed by atoms with E-state index in [0.717, 1.165) is 38.5 Å². The van der Waals surface area contributed by atoms with Gasteiger partial charge in [-0.25, -0.2) is 4.79 Å². The zero-order valence-corrected chi connectivity index (χ0v) is 27.9. The van der Waals surface area contributed by atoms with Crippen molar-refractivity contribution >= 4 is 35.4 Å². The van der Waals surface area contributed by atoms with E-state index in [1.54, 1.807) is 0 Å². The van der Waals surface area contributed by atoms with Gasteiger partial charge in [0.1, 0.15) is 11.8 Å². The Morgan fingerprint density at radius 2 is 0.935 bits per heavy atom. The van der Waals surface area contributed by atoms with Crippen molar-refractivity contribution in [2.24, 2.45) is 0 Å². The number of nitrogens with one attached hydrogen (secondary N) is 3. The van der Waals surface area contributed by atoms with Crippen LogP contribution in [-0.4, -0.2) is 91.2 Å². The molecule has 0 bridgehead atoms. The van der Waals surface area contributed by atoms with Gasteiger partial charge in [-0.15, -0.1) is 0 Å². The monoisotopic (exact) mass is 657 g/mol. The van der Waals surface area contributed by atoms with Gasteiger partial charge in [0, 0.05) is 45.2 Å². The molecule has 0 rings (SSSR count). The summed E-state index contributed by atoms with van der Waals surface area (Å²) in [5.74, 6) is -2.73. The Bertz CT molecular complexity index is 869. The van der Waals surface area contributed by atoms with Gasteiger partial charge in [-0.05, 0) is 32.6 Å². The molecular formula is C33H59N3O10. The molecule has 0 radical (unpaired) electrons. The summed E-state index contributed by atoms with van der Waals surface area (Å²) in [7, 11) is 0. The predicted octanol–water partition coefficient (Wildman–Crippen LogP) is 3.91. The van der Waals surface area contributed by atoms with Crippen LogP contribution in [0, 0.1) is 0 Å². The van der Waals surface area contributed by atoms with Crippen LogP contribution in [-0.2, 0) is 38.2 Å². The third kappa shape index (κ3) is 30.9. The highest BCUT2D eigenvalue weighted by molar-refractivity contribution is 5.85. The van der Waals surface area contributed by atoms with Crippen molar-refractivity contribution in [3.8, 4) is 0 Å². The van der Waals surface area contributed by atoms with E-state index in [0.29, 0.717) is 45.9 Å². The van der Waals surface area contributed by atoms with Crippen LogP contribution in [0.1, 0.15) is 129 Å². The van der Waals surface area contributed by atoms with E-state index < -0.39 is 23.9 Å². The van der Waals surface area contributed by atoms with Crippen molar-refractivity contribution in [3.05, 3.63) is 0 Å². The van der Waals surface area contributed by atoms with Crippen LogP contribution in [0.4, 0.5) is 0 Å². The zero-order chi connectivity index (χ0) is 34.3. The molecule has 0 aliphatic carbocycles. The third-order valence-electron chi connectivity index (χ3n) is 7.28. The molecule has 0 unspecified atom stereocenters. The highest BCUT2D eigenvalue weighted by Gasteiger charge is 2.20. The molecule has 0 saturated heterocycles. The number of carbonyl (C=O) groups excluding carboxylic acids is 4. The van der Waals surface area contributed by atoms with Gasteiger partial charge >= 0.3 is 11.9 Å². The molecule has 13 heteroatoms. The molecule has 0 aromatic rings. The van der Waals surface area contributed by atoms with Gasteiger partial charge in [0.15, 0.2) is 0 Å². The molecule has 0 aromatic heterocycles. The van der Waals surface area contributed by atoms with E-state index >= 15 is 0 Å². The Morgan fingerprint density at radius 1 is 0.522 bits per heavy atom. The molecule has 46 heavy (non-hydrogen) atoms. The Hall–Kier alpha value is -3.06. The van der Waals surface area contributed by atoms with Crippen LogP contribution in [0.3, 0.4) is 0 Å². The molecule has 0 saturated carbocycles. The van der Waals surface area contributed by atoms with Crippen molar-refractivity contribution < 1.29 is 48.5 Å². The molecule has 0 aliphatic heterocycles. The first kappa shape index (κ1) is 42.9. The van der Waals surface area contributed by atoms with Crippen LogP contribution >= 0.6 is 0 Å². The number of aliphatic carboxylic acids is 2. The van der Waals surface area contributed by atoms with E-state index in [4.69, 9.17) is 19.7 Å². The first-order valence-electron chi connectivity index (χ1n) is 17.0. The molecule has 0 heterocycles. The average molecular weight is 658 g/mol. The predicted molar refractivity (Wildman–Crippen MR) is 173 cm³/mol. The third-order valence-corrected chi connectivity index (χ3v) is 7.28. The highest BCUT2D eigenvalue weighted by atomic mass is 16.5. The molecular weight excluding hydrogens is 598 g/mol. The van der Waals surface area contributed by atoms with E-state index in [1.165, 1.54) is 45.4 Å². The summed E-state index contributed by atoms with van der Waals surface area (Å²) in [4.78, 5) is 68.5.